The van der Waals surface area contributed by atoms with Gasteiger partial charge in [0.05, 0.1) is 27.2 Å². The Morgan fingerprint density at radius 3 is 2.91 bits per heavy atom. The molecule has 1 aliphatic rings. The van der Waals surface area contributed by atoms with Gasteiger partial charge in [-0.1, -0.05) is 0 Å². The van der Waals surface area contributed by atoms with E-state index < -0.39 is 5.91 Å². The van der Waals surface area contributed by atoms with Gasteiger partial charge in [-0.2, -0.15) is 9.61 Å². The van der Waals surface area contributed by atoms with Gasteiger partial charge in [-0.15, -0.1) is 11.3 Å². The Balaban J connectivity index is 1.87. The second-order valence-corrected chi connectivity index (χ2v) is 6.51. The molecule has 0 radical (unpaired) electrons. The first kappa shape index (κ1) is 13.9. The first-order chi connectivity index (χ1) is 11.2. The number of primary amides is 1. The highest BCUT2D eigenvalue weighted by Gasteiger charge is 2.23. The van der Waals surface area contributed by atoms with Gasteiger partial charge < -0.3 is 11.1 Å². The molecule has 0 aromatic carbocycles. The summed E-state index contributed by atoms with van der Waals surface area (Å²) in [5.41, 5.74) is 6.91. The van der Waals surface area contributed by atoms with Gasteiger partial charge in [-0.25, -0.2) is 4.98 Å². The van der Waals surface area contributed by atoms with Gasteiger partial charge >= 0.3 is 0 Å². The maximum absolute atomic E-state index is 11.3. The second kappa shape index (κ2) is 5.17. The maximum atomic E-state index is 11.3. The number of rotatable bonds is 5. The van der Waals surface area contributed by atoms with Gasteiger partial charge in [0.2, 0.25) is 0 Å². The average Bonchev–Trinajstić information content (AvgIpc) is 3.06. The van der Waals surface area contributed by atoms with Crippen LogP contribution in [0.2, 0.25) is 0 Å². The van der Waals surface area contributed by atoms with E-state index in [2.05, 4.69) is 15.4 Å². The number of hydrogen-bond acceptors (Lipinski definition) is 6. The number of fused-ring (bicyclic) bond motifs is 1. The summed E-state index contributed by atoms with van der Waals surface area (Å²) in [5, 5.41) is 7.62. The molecule has 1 saturated carbocycles. The zero-order chi connectivity index (χ0) is 16.0. The molecule has 3 heterocycles. The van der Waals surface area contributed by atoms with Crippen LogP contribution in [0.1, 0.15) is 32.9 Å². The molecule has 3 N–H and O–H groups in total. The van der Waals surface area contributed by atoms with Gasteiger partial charge in [0.15, 0.2) is 11.9 Å². The summed E-state index contributed by atoms with van der Waals surface area (Å²) in [4.78, 5) is 28.3. The fourth-order valence-corrected chi connectivity index (χ4v) is 3.16. The SMILES string of the molecule is NC(=O)c1ccc(-c2cc(NC3CC3)n3ncc(C=O)c3n2)s1. The van der Waals surface area contributed by atoms with E-state index in [1.807, 2.05) is 6.07 Å². The highest BCUT2D eigenvalue weighted by atomic mass is 32.1. The van der Waals surface area contributed by atoms with Gasteiger partial charge in [0.1, 0.15) is 5.82 Å². The number of aromatic nitrogens is 3. The monoisotopic (exact) mass is 327 g/mol. The lowest BCUT2D eigenvalue weighted by Crippen LogP contribution is -2.08. The lowest BCUT2D eigenvalue weighted by atomic mass is 10.3. The molecule has 3 aromatic rings. The van der Waals surface area contributed by atoms with Crippen molar-refractivity contribution in [3.05, 3.63) is 34.8 Å². The number of thiophene rings is 1. The van der Waals surface area contributed by atoms with Crippen LogP contribution in [0.3, 0.4) is 0 Å². The smallest absolute Gasteiger partial charge is 0.258 e. The van der Waals surface area contributed by atoms with Crippen LogP contribution >= 0.6 is 11.3 Å². The molecule has 1 fully saturated rings. The van der Waals surface area contributed by atoms with Crippen LogP contribution in [0, 0.1) is 0 Å². The predicted molar refractivity (Wildman–Crippen MR) is 86.9 cm³/mol. The number of carbonyl (C=O) groups is 2. The third-order valence-electron chi connectivity index (χ3n) is 3.66. The average molecular weight is 327 g/mol. The minimum atomic E-state index is -0.461. The molecule has 0 saturated heterocycles. The number of aldehydes is 1. The van der Waals surface area contributed by atoms with Crippen molar-refractivity contribution in [3.8, 4) is 10.6 Å². The summed E-state index contributed by atoms with van der Waals surface area (Å²) in [7, 11) is 0. The molecule has 0 aliphatic heterocycles. The number of nitrogens with one attached hydrogen (secondary N) is 1. The van der Waals surface area contributed by atoms with Crippen LogP contribution < -0.4 is 11.1 Å². The first-order valence-electron chi connectivity index (χ1n) is 7.16. The third-order valence-corrected chi connectivity index (χ3v) is 4.78. The van der Waals surface area contributed by atoms with E-state index >= 15 is 0 Å². The molecule has 1 aliphatic carbocycles. The van der Waals surface area contributed by atoms with E-state index in [1.54, 1.807) is 16.6 Å². The van der Waals surface area contributed by atoms with Crippen molar-refractivity contribution >= 4 is 35.0 Å². The van der Waals surface area contributed by atoms with E-state index in [1.165, 1.54) is 17.5 Å². The quantitative estimate of drug-likeness (QED) is 0.697. The van der Waals surface area contributed by atoms with Crippen molar-refractivity contribution in [2.24, 2.45) is 5.73 Å². The van der Waals surface area contributed by atoms with Crippen molar-refractivity contribution < 1.29 is 9.59 Å². The van der Waals surface area contributed by atoms with Gasteiger partial charge in [0, 0.05) is 12.1 Å². The molecular weight excluding hydrogens is 314 g/mol. The molecule has 0 spiro atoms. The molecule has 116 valence electrons. The van der Waals surface area contributed by atoms with E-state index in [9.17, 15) is 9.59 Å². The van der Waals surface area contributed by atoms with Crippen molar-refractivity contribution in [1.29, 1.82) is 0 Å². The Kier molecular flexibility index (Phi) is 3.12. The van der Waals surface area contributed by atoms with Crippen LogP contribution in [0.15, 0.2) is 24.4 Å². The summed E-state index contributed by atoms with van der Waals surface area (Å²) in [6.07, 6.45) is 4.47. The summed E-state index contributed by atoms with van der Waals surface area (Å²) in [6, 6.07) is 5.80. The van der Waals surface area contributed by atoms with E-state index in [0.717, 1.165) is 29.8 Å². The standard InChI is InChI=1S/C15H13N5O2S/c16-14(22)12-4-3-11(23-12)10-5-13(18-9-1-2-9)20-15(19-10)8(7-21)6-17-20/h3-7,9,18H,1-2H2,(H2,16,22). The maximum Gasteiger partial charge on any atom is 0.258 e. The minimum Gasteiger partial charge on any atom is -0.367 e. The van der Waals surface area contributed by atoms with E-state index in [0.29, 0.717) is 27.8 Å². The van der Waals surface area contributed by atoms with Crippen molar-refractivity contribution in [3.63, 3.8) is 0 Å². The number of nitrogens with two attached hydrogens (primary N) is 1. The number of carbonyl (C=O) groups excluding carboxylic acids is 2. The lowest BCUT2D eigenvalue weighted by molar-refractivity contribution is 0.100. The highest BCUT2D eigenvalue weighted by Crippen LogP contribution is 2.31. The van der Waals surface area contributed by atoms with Crippen molar-refractivity contribution in [2.45, 2.75) is 18.9 Å². The topological polar surface area (TPSA) is 102 Å². The zero-order valence-electron chi connectivity index (χ0n) is 12.0. The number of nitrogens with zero attached hydrogens (tertiary/aromatic N) is 3. The molecular formula is C15H13N5O2S. The van der Waals surface area contributed by atoms with E-state index in [4.69, 9.17) is 5.73 Å². The zero-order valence-corrected chi connectivity index (χ0v) is 12.8. The third kappa shape index (κ3) is 2.46. The molecule has 7 nitrogen and oxygen atoms in total. The second-order valence-electron chi connectivity index (χ2n) is 5.43. The summed E-state index contributed by atoms with van der Waals surface area (Å²) >= 11 is 1.28. The fraction of sp³-hybridized carbons (Fsp3) is 0.200. The van der Waals surface area contributed by atoms with Crippen LogP contribution in [-0.2, 0) is 0 Å². The van der Waals surface area contributed by atoms with Crippen molar-refractivity contribution in [2.75, 3.05) is 5.32 Å². The molecule has 0 atom stereocenters. The van der Waals surface area contributed by atoms with Crippen LogP contribution in [0.5, 0.6) is 0 Å². The molecule has 0 bridgehead atoms. The Bertz CT molecular complexity index is 925. The fourth-order valence-electron chi connectivity index (χ4n) is 2.34. The van der Waals surface area contributed by atoms with Gasteiger partial charge in [0.25, 0.3) is 5.91 Å². The molecule has 0 unspecified atom stereocenters. The number of anilines is 1. The van der Waals surface area contributed by atoms with Gasteiger partial charge in [-0.05, 0) is 25.0 Å². The van der Waals surface area contributed by atoms with Gasteiger partial charge in [-0.3, -0.25) is 9.59 Å². The summed E-state index contributed by atoms with van der Waals surface area (Å²) < 4.78 is 1.63. The molecule has 4 rings (SSSR count). The Labute approximate surface area is 135 Å². The largest absolute Gasteiger partial charge is 0.367 e. The first-order valence-corrected chi connectivity index (χ1v) is 7.98. The van der Waals surface area contributed by atoms with Crippen LogP contribution in [-0.4, -0.2) is 32.8 Å². The molecule has 8 heteroatoms. The predicted octanol–water partition coefficient (Wildman–Crippen LogP) is 1.94. The minimum absolute atomic E-state index is 0.428. The highest BCUT2D eigenvalue weighted by molar-refractivity contribution is 7.17. The molecule has 23 heavy (non-hydrogen) atoms. The molecule has 1 amide bonds. The normalized spacial score (nSPS) is 14.1. The Morgan fingerprint density at radius 1 is 1.43 bits per heavy atom. The summed E-state index contributed by atoms with van der Waals surface area (Å²) in [5.74, 6) is 0.325. The lowest BCUT2D eigenvalue weighted by Gasteiger charge is -2.09. The molecule has 3 aromatic heterocycles. The number of hydrogen-bond donors (Lipinski definition) is 2. The van der Waals surface area contributed by atoms with E-state index in [-0.39, 0.29) is 0 Å². The van der Waals surface area contributed by atoms with Crippen molar-refractivity contribution in [1.82, 2.24) is 14.6 Å². The Hall–Kier alpha value is -2.74. The van der Waals surface area contributed by atoms with Crippen LogP contribution in [0.4, 0.5) is 5.82 Å². The summed E-state index contributed by atoms with van der Waals surface area (Å²) in [6.45, 7) is 0. The number of amides is 1. The Morgan fingerprint density at radius 2 is 2.26 bits per heavy atom. The van der Waals surface area contributed by atoms with Crippen LogP contribution in [0.25, 0.3) is 16.2 Å².